The van der Waals surface area contributed by atoms with Crippen molar-refractivity contribution in [2.24, 2.45) is 0 Å². The highest BCUT2D eigenvalue weighted by molar-refractivity contribution is 6.20. The number of benzene rings is 10. The third-order valence-electron chi connectivity index (χ3n) is 11.2. The monoisotopic (exact) mass is 713 g/mol. The lowest BCUT2D eigenvalue weighted by Crippen LogP contribution is -2.12. The van der Waals surface area contributed by atoms with Gasteiger partial charge in [-0.05, 0) is 91.1 Å². The normalized spacial score (nSPS) is 11.6. The molecule has 0 spiro atoms. The van der Waals surface area contributed by atoms with Crippen LogP contribution in [0.5, 0.6) is 0 Å². The highest BCUT2D eigenvalue weighted by Gasteiger charge is 2.25. The van der Waals surface area contributed by atoms with E-state index in [4.69, 9.17) is 4.42 Å². The Labute approximate surface area is 325 Å². The van der Waals surface area contributed by atoms with Gasteiger partial charge in [0.1, 0.15) is 5.58 Å². The topological polar surface area (TPSA) is 16.4 Å². The molecule has 0 unspecified atom stereocenters. The van der Waals surface area contributed by atoms with Gasteiger partial charge in [-0.3, -0.25) is 0 Å². The van der Waals surface area contributed by atoms with E-state index in [1.807, 2.05) is 6.07 Å². The number of anilines is 3. The van der Waals surface area contributed by atoms with E-state index in [0.717, 1.165) is 60.9 Å². The van der Waals surface area contributed by atoms with Crippen molar-refractivity contribution in [3.63, 3.8) is 0 Å². The molecular weight excluding hydrogens is 679 g/mol. The average molecular weight is 714 g/mol. The number of para-hydroxylation sites is 2. The number of furan rings is 1. The molecule has 11 rings (SSSR count). The Morgan fingerprint density at radius 3 is 1.62 bits per heavy atom. The molecule has 0 saturated heterocycles. The fourth-order valence-corrected chi connectivity index (χ4v) is 8.58. The summed E-state index contributed by atoms with van der Waals surface area (Å²) in [5.41, 5.74) is 12.0. The van der Waals surface area contributed by atoms with Crippen LogP contribution >= 0.6 is 0 Å². The standard InChI is InChI=1S/C54H35NO/c1-2-14-36(15-3-1)37-30-32-42(33-31-37)55(53-45-20-7-5-17-41(45)35-50-48-23-11-13-25-52(48)56-54(50)53)51-24-12-10-19-44(51)38-26-28-39(29-27-38)49-34-40-16-4-6-18-43(40)46-21-8-9-22-47(46)49/h1-35H. The Hall–Kier alpha value is -7.42. The van der Waals surface area contributed by atoms with Crippen LogP contribution in [0, 0.1) is 0 Å². The zero-order valence-electron chi connectivity index (χ0n) is 30.6. The molecule has 1 heterocycles. The SMILES string of the molecule is c1ccc(-c2ccc(N(c3ccccc3-c3ccc(-c4cc5ccccc5c5ccccc45)cc3)c3c4ccccc4cc4c3oc3ccccc34)cc2)cc1. The number of nitrogens with zero attached hydrogens (tertiary/aromatic N) is 1. The summed E-state index contributed by atoms with van der Waals surface area (Å²) in [6, 6.07) is 76.4. The molecule has 0 saturated carbocycles. The summed E-state index contributed by atoms with van der Waals surface area (Å²) in [6.45, 7) is 0. The molecule has 0 amide bonds. The Kier molecular flexibility index (Phi) is 7.53. The van der Waals surface area contributed by atoms with Crippen LogP contribution in [0.2, 0.25) is 0 Å². The zero-order chi connectivity index (χ0) is 37.0. The lowest BCUT2D eigenvalue weighted by Gasteiger charge is -2.29. The molecule has 0 aliphatic rings. The minimum Gasteiger partial charge on any atom is -0.454 e. The van der Waals surface area contributed by atoms with Crippen molar-refractivity contribution in [3.8, 4) is 33.4 Å². The number of fused-ring (bicyclic) bond motifs is 7. The highest BCUT2D eigenvalue weighted by Crippen LogP contribution is 2.49. The molecule has 10 aromatic carbocycles. The van der Waals surface area contributed by atoms with Gasteiger partial charge in [0.2, 0.25) is 0 Å². The largest absolute Gasteiger partial charge is 0.454 e. The molecule has 0 fully saturated rings. The summed E-state index contributed by atoms with van der Waals surface area (Å²) in [4.78, 5) is 2.40. The minimum atomic E-state index is 0.866. The van der Waals surface area contributed by atoms with Gasteiger partial charge in [-0.1, -0.05) is 176 Å². The first kappa shape index (κ1) is 32.0. The van der Waals surface area contributed by atoms with E-state index in [0.29, 0.717) is 0 Å². The summed E-state index contributed by atoms with van der Waals surface area (Å²) < 4.78 is 6.84. The van der Waals surface area contributed by atoms with Gasteiger partial charge in [-0.25, -0.2) is 0 Å². The van der Waals surface area contributed by atoms with E-state index in [2.05, 4.69) is 211 Å². The van der Waals surface area contributed by atoms with E-state index in [-0.39, 0.29) is 0 Å². The van der Waals surface area contributed by atoms with Crippen molar-refractivity contribution in [2.45, 2.75) is 0 Å². The predicted molar refractivity (Wildman–Crippen MR) is 237 cm³/mol. The van der Waals surface area contributed by atoms with Gasteiger partial charge in [0.25, 0.3) is 0 Å². The Morgan fingerprint density at radius 1 is 0.321 bits per heavy atom. The van der Waals surface area contributed by atoms with Crippen molar-refractivity contribution in [1.82, 2.24) is 0 Å². The van der Waals surface area contributed by atoms with Gasteiger partial charge in [-0.15, -0.1) is 0 Å². The van der Waals surface area contributed by atoms with E-state index in [1.165, 1.54) is 43.8 Å². The predicted octanol–water partition coefficient (Wildman–Crippen LogP) is 15.5. The van der Waals surface area contributed by atoms with Gasteiger partial charge >= 0.3 is 0 Å². The van der Waals surface area contributed by atoms with Crippen molar-refractivity contribution in [1.29, 1.82) is 0 Å². The Morgan fingerprint density at radius 2 is 0.857 bits per heavy atom. The first-order valence-corrected chi connectivity index (χ1v) is 19.2. The molecular formula is C54H35NO. The van der Waals surface area contributed by atoms with Crippen molar-refractivity contribution in [2.75, 3.05) is 4.90 Å². The van der Waals surface area contributed by atoms with E-state index in [9.17, 15) is 0 Å². The molecule has 0 bridgehead atoms. The molecule has 1 aromatic heterocycles. The lowest BCUT2D eigenvalue weighted by molar-refractivity contribution is 0.669. The lowest BCUT2D eigenvalue weighted by atomic mass is 9.92. The maximum absolute atomic E-state index is 6.84. The molecule has 11 aromatic rings. The second kappa shape index (κ2) is 13.2. The van der Waals surface area contributed by atoms with E-state index >= 15 is 0 Å². The molecule has 0 aliphatic carbocycles. The van der Waals surface area contributed by atoms with Gasteiger partial charge < -0.3 is 9.32 Å². The van der Waals surface area contributed by atoms with Crippen LogP contribution in [0.4, 0.5) is 17.1 Å². The third-order valence-corrected chi connectivity index (χ3v) is 11.2. The van der Waals surface area contributed by atoms with Crippen LogP contribution in [0.3, 0.4) is 0 Å². The quantitative estimate of drug-likeness (QED) is 0.160. The second-order valence-electron chi connectivity index (χ2n) is 14.5. The van der Waals surface area contributed by atoms with Crippen molar-refractivity contribution >= 4 is 71.3 Å². The van der Waals surface area contributed by atoms with Gasteiger partial charge in [0.05, 0.1) is 11.4 Å². The fraction of sp³-hybridized carbons (Fsp3) is 0. The van der Waals surface area contributed by atoms with Crippen LogP contribution in [0.1, 0.15) is 0 Å². The smallest absolute Gasteiger partial charge is 0.160 e. The highest BCUT2D eigenvalue weighted by atomic mass is 16.3. The Bertz CT molecular complexity index is 3230. The maximum atomic E-state index is 6.84. The van der Waals surface area contributed by atoms with Gasteiger partial charge in [0.15, 0.2) is 5.58 Å². The molecule has 0 aliphatic heterocycles. The minimum absolute atomic E-state index is 0.866. The number of hydrogen-bond donors (Lipinski definition) is 0. The molecule has 56 heavy (non-hydrogen) atoms. The van der Waals surface area contributed by atoms with Crippen LogP contribution < -0.4 is 4.90 Å². The first-order chi connectivity index (χ1) is 27.8. The summed E-state index contributed by atoms with van der Waals surface area (Å²) >= 11 is 0. The fourth-order valence-electron chi connectivity index (χ4n) is 8.58. The zero-order valence-corrected chi connectivity index (χ0v) is 30.6. The van der Waals surface area contributed by atoms with Gasteiger partial charge in [0, 0.05) is 27.4 Å². The first-order valence-electron chi connectivity index (χ1n) is 19.2. The van der Waals surface area contributed by atoms with Crippen LogP contribution in [-0.2, 0) is 0 Å². The van der Waals surface area contributed by atoms with E-state index < -0.39 is 0 Å². The van der Waals surface area contributed by atoms with E-state index in [1.54, 1.807) is 0 Å². The molecule has 2 heteroatoms. The number of hydrogen-bond acceptors (Lipinski definition) is 2. The van der Waals surface area contributed by atoms with Crippen molar-refractivity contribution in [3.05, 3.63) is 212 Å². The maximum Gasteiger partial charge on any atom is 0.160 e. The molecule has 262 valence electrons. The summed E-state index contributed by atoms with van der Waals surface area (Å²) in [5, 5.41) is 9.56. The van der Waals surface area contributed by atoms with Gasteiger partial charge in [-0.2, -0.15) is 0 Å². The average Bonchev–Trinajstić information content (AvgIpc) is 3.65. The third kappa shape index (κ3) is 5.26. The van der Waals surface area contributed by atoms with Crippen LogP contribution in [0.15, 0.2) is 217 Å². The molecule has 2 nitrogen and oxygen atoms in total. The Balaban J connectivity index is 1.12. The second-order valence-corrected chi connectivity index (χ2v) is 14.5. The molecule has 0 N–H and O–H groups in total. The summed E-state index contributed by atoms with van der Waals surface area (Å²) in [5.74, 6) is 0. The van der Waals surface area contributed by atoms with Crippen LogP contribution in [-0.4, -0.2) is 0 Å². The van der Waals surface area contributed by atoms with Crippen LogP contribution in [0.25, 0.3) is 87.6 Å². The molecule has 0 radical (unpaired) electrons. The van der Waals surface area contributed by atoms with Crippen molar-refractivity contribution < 1.29 is 4.42 Å². The summed E-state index contributed by atoms with van der Waals surface area (Å²) in [7, 11) is 0. The number of rotatable bonds is 6. The summed E-state index contributed by atoms with van der Waals surface area (Å²) in [6.07, 6.45) is 0. The molecule has 0 atom stereocenters.